The van der Waals surface area contributed by atoms with Gasteiger partial charge in [-0.1, -0.05) is 12.2 Å². The monoisotopic (exact) mass is 184 g/mol. The summed E-state index contributed by atoms with van der Waals surface area (Å²) in [7, 11) is 0. The van der Waals surface area contributed by atoms with E-state index < -0.39 is 0 Å². The van der Waals surface area contributed by atoms with E-state index in [1.165, 1.54) is 12.8 Å². The number of nitrogens with one attached hydrogen (secondary N) is 1. The van der Waals surface area contributed by atoms with Gasteiger partial charge in [-0.05, 0) is 32.0 Å². The zero-order valence-electron chi connectivity index (χ0n) is 7.60. The van der Waals surface area contributed by atoms with Crippen molar-refractivity contribution in [1.82, 2.24) is 10.2 Å². The molecule has 1 aliphatic heterocycles. The maximum atomic E-state index is 5.21. The van der Waals surface area contributed by atoms with Crippen LogP contribution in [-0.4, -0.2) is 29.6 Å². The second kappa shape index (κ2) is 4.45. The molecule has 0 bridgehead atoms. The molecule has 1 N–H and O–H groups in total. The molecule has 3 heteroatoms. The highest BCUT2D eigenvalue weighted by atomic mass is 32.1. The highest BCUT2D eigenvalue weighted by Gasteiger charge is 2.13. The second-order valence-electron chi connectivity index (χ2n) is 3.31. The minimum atomic E-state index is 0.801. The number of thiocarbonyl (C=S) groups is 1. The van der Waals surface area contributed by atoms with E-state index in [1.54, 1.807) is 0 Å². The fourth-order valence-corrected chi connectivity index (χ4v) is 1.51. The third-order valence-corrected chi connectivity index (χ3v) is 2.34. The molecule has 0 spiro atoms. The number of hydrogen-bond donors (Lipinski definition) is 1. The van der Waals surface area contributed by atoms with Crippen LogP contribution in [0.4, 0.5) is 0 Å². The molecule has 1 fully saturated rings. The normalized spacial score (nSPS) is 16.2. The quantitative estimate of drug-likeness (QED) is 0.517. The Morgan fingerprint density at radius 3 is 2.58 bits per heavy atom. The van der Waals surface area contributed by atoms with Crippen LogP contribution in [-0.2, 0) is 0 Å². The van der Waals surface area contributed by atoms with Crippen molar-refractivity contribution in [2.24, 2.45) is 0 Å². The molecule has 0 aromatic heterocycles. The van der Waals surface area contributed by atoms with E-state index in [1.807, 2.05) is 6.92 Å². The van der Waals surface area contributed by atoms with Crippen molar-refractivity contribution in [2.45, 2.75) is 19.8 Å². The van der Waals surface area contributed by atoms with Crippen LogP contribution in [0, 0.1) is 0 Å². The minimum absolute atomic E-state index is 0.801. The van der Waals surface area contributed by atoms with Gasteiger partial charge in [0.15, 0.2) is 5.11 Å². The Morgan fingerprint density at radius 1 is 1.50 bits per heavy atom. The van der Waals surface area contributed by atoms with Gasteiger partial charge in [-0.25, -0.2) is 0 Å². The molecule has 1 saturated heterocycles. The first kappa shape index (κ1) is 9.52. The van der Waals surface area contributed by atoms with Crippen molar-refractivity contribution in [1.29, 1.82) is 0 Å². The molecule has 2 nitrogen and oxygen atoms in total. The molecule has 0 atom stereocenters. The smallest absolute Gasteiger partial charge is 0.169 e. The number of hydrogen-bond acceptors (Lipinski definition) is 1. The Labute approximate surface area is 79.6 Å². The summed E-state index contributed by atoms with van der Waals surface area (Å²) in [5.74, 6) is 0. The third-order valence-electron chi connectivity index (χ3n) is 1.93. The Kier molecular flexibility index (Phi) is 3.53. The van der Waals surface area contributed by atoms with Crippen LogP contribution in [0.15, 0.2) is 12.2 Å². The summed E-state index contributed by atoms with van der Waals surface area (Å²) in [6.07, 6.45) is 2.55. The van der Waals surface area contributed by atoms with E-state index in [2.05, 4.69) is 16.8 Å². The van der Waals surface area contributed by atoms with Crippen LogP contribution in [0.5, 0.6) is 0 Å². The lowest BCUT2D eigenvalue weighted by atomic mass is 10.3. The largest absolute Gasteiger partial charge is 0.359 e. The van der Waals surface area contributed by atoms with Gasteiger partial charge >= 0.3 is 0 Å². The minimum Gasteiger partial charge on any atom is -0.359 e. The van der Waals surface area contributed by atoms with Gasteiger partial charge in [0.2, 0.25) is 0 Å². The summed E-state index contributed by atoms with van der Waals surface area (Å²) in [6.45, 7) is 8.84. The zero-order valence-corrected chi connectivity index (χ0v) is 8.41. The Bertz CT molecular complexity index is 183. The van der Waals surface area contributed by atoms with Crippen LogP contribution in [0.25, 0.3) is 0 Å². The predicted octanol–water partition coefficient (Wildman–Crippen LogP) is 1.53. The van der Waals surface area contributed by atoms with E-state index in [9.17, 15) is 0 Å². The van der Waals surface area contributed by atoms with Crippen molar-refractivity contribution >= 4 is 17.3 Å². The molecule has 68 valence electrons. The molecule has 0 unspecified atom stereocenters. The van der Waals surface area contributed by atoms with Gasteiger partial charge in [0.25, 0.3) is 0 Å². The topological polar surface area (TPSA) is 15.3 Å². The molecule has 0 radical (unpaired) electrons. The van der Waals surface area contributed by atoms with Gasteiger partial charge in [0.1, 0.15) is 0 Å². The van der Waals surface area contributed by atoms with Crippen molar-refractivity contribution in [3.8, 4) is 0 Å². The SMILES string of the molecule is C=C(C)CNC(=S)N1CCCC1. The van der Waals surface area contributed by atoms with Crippen LogP contribution in [0.3, 0.4) is 0 Å². The van der Waals surface area contributed by atoms with E-state index in [4.69, 9.17) is 12.2 Å². The molecule has 0 aliphatic carbocycles. The van der Waals surface area contributed by atoms with Crippen molar-refractivity contribution in [2.75, 3.05) is 19.6 Å². The maximum absolute atomic E-state index is 5.21. The van der Waals surface area contributed by atoms with Gasteiger partial charge in [0.05, 0.1) is 0 Å². The standard InChI is InChI=1S/C9H16N2S/c1-8(2)7-10-9(12)11-5-3-4-6-11/h1,3-7H2,2H3,(H,10,12). The summed E-state index contributed by atoms with van der Waals surface area (Å²) < 4.78 is 0. The molecule has 0 amide bonds. The highest BCUT2D eigenvalue weighted by molar-refractivity contribution is 7.80. The van der Waals surface area contributed by atoms with Gasteiger partial charge in [0, 0.05) is 19.6 Å². The summed E-state index contributed by atoms with van der Waals surface area (Å²) in [5, 5.41) is 4.07. The van der Waals surface area contributed by atoms with E-state index >= 15 is 0 Å². The average molecular weight is 184 g/mol. The first-order valence-electron chi connectivity index (χ1n) is 4.37. The van der Waals surface area contributed by atoms with Crippen LogP contribution in [0.2, 0.25) is 0 Å². The average Bonchev–Trinajstić information content (AvgIpc) is 2.51. The highest BCUT2D eigenvalue weighted by Crippen LogP contribution is 2.07. The first-order valence-corrected chi connectivity index (χ1v) is 4.78. The first-order chi connectivity index (χ1) is 5.70. The van der Waals surface area contributed by atoms with Gasteiger partial charge < -0.3 is 10.2 Å². The lowest BCUT2D eigenvalue weighted by Crippen LogP contribution is -2.38. The molecular formula is C9H16N2S. The van der Waals surface area contributed by atoms with Crippen LogP contribution < -0.4 is 5.32 Å². The lowest BCUT2D eigenvalue weighted by molar-refractivity contribution is 0.510. The summed E-state index contributed by atoms with van der Waals surface area (Å²) in [6, 6.07) is 0. The summed E-state index contributed by atoms with van der Waals surface area (Å²) in [5.41, 5.74) is 1.12. The number of likely N-dealkylation sites (tertiary alicyclic amines) is 1. The number of rotatable bonds is 2. The Balaban J connectivity index is 2.23. The molecule has 0 aromatic carbocycles. The van der Waals surface area contributed by atoms with E-state index in [0.29, 0.717) is 0 Å². The Morgan fingerprint density at radius 2 is 2.08 bits per heavy atom. The Hall–Kier alpha value is -0.570. The van der Waals surface area contributed by atoms with E-state index in [0.717, 1.165) is 30.3 Å². The van der Waals surface area contributed by atoms with Crippen molar-refractivity contribution < 1.29 is 0 Å². The summed E-state index contributed by atoms with van der Waals surface area (Å²) in [4.78, 5) is 2.22. The predicted molar refractivity (Wildman–Crippen MR) is 56.2 cm³/mol. The van der Waals surface area contributed by atoms with Gasteiger partial charge in [-0.15, -0.1) is 0 Å². The van der Waals surface area contributed by atoms with Gasteiger partial charge in [-0.2, -0.15) is 0 Å². The molecule has 0 saturated carbocycles. The van der Waals surface area contributed by atoms with Gasteiger partial charge in [-0.3, -0.25) is 0 Å². The molecule has 0 aromatic rings. The lowest BCUT2D eigenvalue weighted by Gasteiger charge is -2.19. The molecule has 1 heterocycles. The van der Waals surface area contributed by atoms with E-state index in [-0.39, 0.29) is 0 Å². The van der Waals surface area contributed by atoms with Crippen LogP contribution in [0.1, 0.15) is 19.8 Å². The fourth-order valence-electron chi connectivity index (χ4n) is 1.26. The zero-order chi connectivity index (χ0) is 8.97. The molecule has 1 rings (SSSR count). The molecular weight excluding hydrogens is 168 g/mol. The van der Waals surface area contributed by atoms with Crippen LogP contribution >= 0.6 is 12.2 Å². The van der Waals surface area contributed by atoms with Crippen molar-refractivity contribution in [3.05, 3.63) is 12.2 Å². The number of nitrogens with zero attached hydrogens (tertiary/aromatic N) is 1. The molecule has 1 aliphatic rings. The fraction of sp³-hybridized carbons (Fsp3) is 0.667. The second-order valence-corrected chi connectivity index (χ2v) is 3.70. The third kappa shape index (κ3) is 2.81. The summed E-state index contributed by atoms with van der Waals surface area (Å²) >= 11 is 5.21. The maximum Gasteiger partial charge on any atom is 0.169 e. The molecule has 12 heavy (non-hydrogen) atoms. The van der Waals surface area contributed by atoms with Crippen molar-refractivity contribution in [3.63, 3.8) is 0 Å².